The highest BCUT2D eigenvalue weighted by Gasteiger charge is 2.30. The van der Waals surface area contributed by atoms with Crippen LogP contribution in [-0.4, -0.2) is 5.75 Å². The number of rotatable bonds is 0. The summed E-state index contributed by atoms with van der Waals surface area (Å²) in [6.45, 7) is 4.64. The molecule has 0 nitrogen and oxygen atoms in total. The first kappa shape index (κ1) is 11.0. The third-order valence-electron chi connectivity index (χ3n) is 2.72. The lowest BCUT2D eigenvalue weighted by molar-refractivity contribution is 0.491. The van der Waals surface area contributed by atoms with E-state index in [0.29, 0.717) is 5.41 Å². The summed E-state index contributed by atoms with van der Waals surface area (Å²) in [6.07, 6.45) is 1.25. The van der Waals surface area contributed by atoms with Crippen LogP contribution >= 0.6 is 43.6 Å². The Labute approximate surface area is 106 Å². The van der Waals surface area contributed by atoms with Gasteiger partial charge in [0.2, 0.25) is 0 Å². The van der Waals surface area contributed by atoms with Crippen LogP contribution in [0.5, 0.6) is 0 Å². The van der Waals surface area contributed by atoms with Gasteiger partial charge >= 0.3 is 0 Å². The fourth-order valence-electron chi connectivity index (χ4n) is 1.82. The standard InChI is InChI=1S/C11H12Br2S/c1-11(2)5-6-14-8-4-3-7(12)10(13)9(8)11/h3-4H,5-6H2,1-2H3. The van der Waals surface area contributed by atoms with Gasteiger partial charge in [0.1, 0.15) is 0 Å². The largest absolute Gasteiger partial charge is 0.126 e. The third-order valence-corrected chi connectivity index (χ3v) is 5.79. The zero-order valence-electron chi connectivity index (χ0n) is 8.23. The molecule has 0 spiro atoms. The predicted octanol–water partition coefficient (Wildman–Crippen LogP) is 4.99. The average Bonchev–Trinajstić information content (AvgIpc) is 2.10. The molecule has 0 unspecified atom stereocenters. The molecule has 0 aliphatic carbocycles. The van der Waals surface area contributed by atoms with Gasteiger partial charge in [-0.1, -0.05) is 13.8 Å². The highest BCUT2D eigenvalue weighted by molar-refractivity contribution is 9.13. The van der Waals surface area contributed by atoms with Crippen LogP contribution in [0.2, 0.25) is 0 Å². The van der Waals surface area contributed by atoms with Gasteiger partial charge in [0, 0.05) is 13.8 Å². The second-order valence-corrected chi connectivity index (χ2v) is 7.00. The molecule has 0 atom stereocenters. The van der Waals surface area contributed by atoms with Crippen LogP contribution in [0.4, 0.5) is 0 Å². The Kier molecular flexibility index (Phi) is 3.02. The minimum Gasteiger partial charge on any atom is -0.126 e. The molecule has 0 radical (unpaired) electrons. The van der Waals surface area contributed by atoms with Crippen molar-refractivity contribution in [3.63, 3.8) is 0 Å². The Bertz CT molecular complexity index is 372. The van der Waals surface area contributed by atoms with Crippen LogP contribution in [0.25, 0.3) is 0 Å². The zero-order chi connectivity index (χ0) is 10.3. The molecule has 0 bridgehead atoms. The van der Waals surface area contributed by atoms with Crippen LogP contribution in [0, 0.1) is 0 Å². The maximum absolute atomic E-state index is 3.68. The fourth-order valence-corrected chi connectivity index (χ4v) is 4.69. The van der Waals surface area contributed by atoms with Crippen molar-refractivity contribution < 1.29 is 0 Å². The number of thioether (sulfide) groups is 1. The summed E-state index contributed by atoms with van der Waals surface area (Å²) < 4.78 is 2.39. The van der Waals surface area contributed by atoms with Gasteiger partial charge in [-0.2, -0.15) is 0 Å². The molecule has 1 aliphatic rings. The molecule has 1 aromatic rings. The van der Waals surface area contributed by atoms with Crippen molar-refractivity contribution in [2.24, 2.45) is 0 Å². The van der Waals surface area contributed by atoms with E-state index in [4.69, 9.17) is 0 Å². The van der Waals surface area contributed by atoms with Gasteiger partial charge in [-0.05, 0) is 67.1 Å². The van der Waals surface area contributed by atoms with Crippen molar-refractivity contribution in [1.29, 1.82) is 0 Å². The second kappa shape index (κ2) is 3.84. The van der Waals surface area contributed by atoms with E-state index in [1.807, 2.05) is 11.8 Å². The summed E-state index contributed by atoms with van der Waals surface area (Å²) in [6, 6.07) is 4.34. The minimum absolute atomic E-state index is 0.295. The topological polar surface area (TPSA) is 0 Å². The molecule has 0 N–H and O–H groups in total. The predicted molar refractivity (Wildman–Crippen MR) is 70.2 cm³/mol. The van der Waals surface area contributed by atoms with E-state index in [-0.39, 0.29) is 0 Å². The highest BCUT2D eigenvalue weighted by atomic mass is 79.9. The molecule has 0 fully saturated rings. The van der Waals surface area contributed by atoms with E-state index < -0.39 is 0 Å². The van der Waals surface area contributed by atoms with Crippen molar-refractivity contribution in [3.05, 3.63) is 26.6 Å². The monoisotopic (exact) mass is 334 g/mol. The molecule has 0 amide bonds. The second-order valence-electron chi connectivity index (χ2n) is 4.22. The van der Waals surface area contributed by atoms with Crippen molar-refractivity contribution >= 4 is 43.6 Å². The first-order valence-electron chi connectivity index (χ1n) is 4.64. The molecule has 1 aliphatic heterocycles. The molecule has 1 aromatic carbocycles. The molecular formula is C11H12Br2S. The van der Waals surface area contributed by atoms with Crippen LogP contribution < -0.4 is 0 Å². The van der Waals surface area contributed by atoms with Gasteiger partial charge in [0.25, 0.3) is 0 Å². The molecule has 3 heteroatoms. The number of fused-ring (bicyclic) bond motifs is 1. The molecule has 76 valence electrons. The number of halogens is 2. The van der Waals surface area contributed by atoms with Gasteiger partial charge in [-0.25, -0.2) is 0 Å². The Hall–Kier alpha value is 0.530. The van der Waals surface area contributed by atoms with E-state index >= 15 is 0 Å². The van der Waals surface area contributed by atoms with Crippen molar-refractivity contribution in [2.75, 3.05) is 5.75 Å². The van der Waals surface area contributed by atoms with E-state index in [1.165, 1.54) is 27.1 Å². The molecule has 1 heterocycles. The molecule has 0 saturated heterocycles. The van der Waals surface area contributed by atoms with Crippen molar-refractivity contribution in [2.45, 2.75) is 30.6 Å². The zero-order valence-corrected chi connectivity index (χ0v) is 12.2. The van der Waals surface area contributed by atoms with Crippen LogP contribution in [-0.2, 0) is 5.41 Å². The average molecular weight is 336 g/mol. The SMILES string of the molecule is CC1(C)CCSc2ccc(Br)c(Br)c21. The van der Waals surface area contributed by atoms with E-state index in [2.05, 4.69) is 57.8 Å². The summed E-state index contributed by atoms with van der Waals surface area (Å²) in [5, 5.41) is 0. The maximum Gasteiger partial charge on any atom is 0.0366 e. The third kappa shape index (κ3) is 1.79. The number of hydrogen-bond donors (Lipinski definition) is 0. The molecule has 2 rings (SSSR count). The Morgan fingerprint density at radius 3 is 2.71 bits per heavy atom. The molecular weight excluding hydrogens is 324 g/mol. The fraction of sp³-hybridized carbons (Fsp3) is 0.455. The maximum atomic E-state index is 3.68. The summed E-state index contributed by atoms with van der Waals surface area (Å²) >= 11 is 9.21. The van der Waals surface area contributed by atoms with Gasteiger partial charge < -0.3 is 0 Å². The quantitative estimate of drug-likeness (QED) is 0.644. The van der Waals surface area contributed by atoms with Gasteiger partial charge in [0.15, 0.2) is 0 Å². The lowest BCUT2D eigenvalue weighted by Gasteiger charge is -2.33. The van der Waals surface area contributed by atoms with E-state index in [0.717, 1.165) is 4.47 Å². The molecule has 14 heavy (non-hydrogen) atoms. The Morgan fingerprint density at radius 1 is 1.29 bits per heavy atom. The van der Waals surface area contributed by atoms with E-state index in [1.54, 1.807) is 0 Å². The van der Waals surface area contributed by atoms with Crippen LogP contribution in [0.15, 0.2) is 26.0 Å². The molecule has 0 aromatic heterocycles. The minimum atomic E-state index is 0.295. The summed E-state index contributed by atoms with van der Waals surface area (Å²) in [4.78, 5) is 1.43. The molecule has 0 saturated carbocycles. The highest BCUT2D eigenvalue weighted by Crippen LogP contribution is 2.46. The van der Waals surface area contributed by atoms with Gasteiger partial charge in [-0.3, -0.25) is 0 Å². The summed E-state index contributed by atoms with van der Waals surface area (Å²) in [7, 11) is 0. The first-order valence-corrected chi connectivity index (χ1v) is 7.21. The summed E-state index contributed by atoms with van der Waals surface area (Å²) in [5.41, 5.74) is 1.76. The lowest BCUT2D eigenvalue weighted by atomic mass is 9.82. The number of hydrogen-bond acceptors (Lipinski definition) is 1. The van der Waals surface area contributed by atoms with Crippen molar-refractivity contribution in [1.82, 2.24) is 0 Å². The van der Waals surface area contributed by atoms with Crippen LogP contribution in [0.3, 0.4) is 0 Å². The van der Waals surface area contributed by atoms with Crippen molar-refractivity contribution in [3.8, 4) is 0 Å². The first-order chi connectivity index (χ1) is 6.52. The van der Waals surface area contributed by atoms with Gasteiger partial charge in [0.05, 0.1) is 0 Å². The normalized spacial score (nSPS) is 19.1. The van der Waals surface area contributed by atoms with Crippen LogP contribution in [0.1, 0.15) is 25.8 Å². The Morgan fingerprint density at radius 2 is 2.00 bits per heavy atom. The smallest absolute Gasteiger partial charge is 0.0366 e. The number of benzene rings is 1. The lowest BCUT2D eigenvalue weighted by Crippen LogP contribution is -2.23. The van der Waals surface area contributed by atoms with E-state index in [9.17, 15) is 0 Å². The van der Waals surface area contributed by atoms with Gasteiger partial charge in [-0.15, -0.1) is 11.8 Å². The summed E-state index contributed by atoms with van der Waals surface area (Å²) in [5.74, 6) is 1.23. The Balaban J connectivity index is 2.66.